The van der Waals surface area contributed by atoms with Gasteiger partial charge in [0.2, 0.25) is 5.82 Å². The molecule has 3 nitrogen and oxygen atoms in total. The highest BCUT2D eigenvalue weighted by Crippen LogP contribution is 2.41. The molecule has 0 radical (unpaired) electrons. The third-order valence-corrected chi connectivity index (χ3v) is 11.2. The Balaban J connectivity index is 1.42. The molecule has 1 fully saturated rings. The van der Waals surface area contributed by atoms with E-state index in [9.17, 15) is 22.0 Å². The van der Waals surface area contributed by atoms with Gasteiger partial charge in [-0.2, -0.15) is 40.4 Å². The summed E-state index contributed by atoms with van der Waals surface area (Å²) in [5.74, 6) is -5.59. The highest BCUT2D eigenvalue weighted by Gasteiger charge is 2.37. The lowest BCUT2D eigenvalue weighted by molar-refractivity contribution is 0.377. The van der Waals surface area contributed by atoms with Gasteiger partial charge in [-0.1, -0.05) is 12.1 Å². The van der Waals surface area contributed by atoms with Crippen LogP contribution in [0.4, 0.5) is 42.1 Å². The van der Waals surface area contributed by atoms with Gasteiger partial charge in [-0.15, -0.1) is 0 Å². The number of anilines is 2. The lowest BCUT2D eigenvalue weighted by Crippen LogP contribution is -2.27. The molecule has 3 aromatic carbocycles. The highest BCUT2D eigenvalue weighted by molar-refractivity contribution is 8.00. The number of thioether (sulfide) groups is 3. The Hall–Kier alpha value is -2.51. The van der Waals surface area contributed by atoms with Crippen LogP contribution >= 0.6 is 35.3 Å². The molecule has 2 heterocycles. The summed E-state index contributed by atoms with van der Waals surface area (Å²) in [6.07, 6.45) is 4.32. The van der Waals surface area contributed by atoms with Gasteiger partial charge in [-0.05, 0) is 90.0 Å². The summed E-state index contributed by atoms with van der Waals surface area (Å²) in [5, 5.41) is 4.89. The van der Waals surface area contributed by atoms with E-state index in [-0.39, 0.29) is 17.7 Å². The molecular weight excluding hydrogens is 668 g/mol. The molecule has 0 N–H and O–H groups in total. The lowest BCUT2D eigenvalue weighted by atomic mass is 9.97. The predicted octanol–water partition coefficient (Wildman–Crippen LogP) is 9.60. The zero-order valence-corrected chi connectivity index (χ0v) is 27.5. The van der Waals surface area contributed by atoms with Crippen molar-refractivity contribution in [2.45, 2.75) is 38.1 Å². The fraction of sp³-hybridized carbons (Fsp3) is 0.424. The van der Waals surface area contributed by atoms with Gasteiger partial charge in [-0.25, -0.2) is 30.7 Å². The van der Waals surface area contributed by atoms with Crippen molar-refractivity contribution in [2.24, 2.45) is 5.10 Å². The third kappa shape index (κ3) is 8.49. The number of benzene rings is 3. The van der Waals surface area contributed by atoms with Crippen LogP contribution < -0.4 is 9.91 Å². The van der Waals surface area contributed by atoms with E-state index in [1.54, 1.807) is 12.1 Å². The number of rotatable bonds is 4. The summed E-state index contributed by atoms with van der Waals surface area (Å²) in [7, 11) is 0. The monoisotopic (exact) mass is 701 g/mol. The Morgan fingerprint density at radius 1 is 0.587 bits per heavy atom. The predicted molar refractivity (Wildman–Crippen MR) is 178 cm³/mol. The maximum atomic E-state index is 15.0. The van der Waals surface area contributed by atoms with Crippen LogP contribution in [0.3, 0.4) is 0 Å². The normalized spacial score (nSPS) is 19.4. The average Bonchev–Trinajstić information content (AvgIpc) is 3.48. The molecule has 13 heteroatoms. The van der Waals surface area contributed by atoms with E-state index in [4.69, 9.17) is 0 Å². The maximum Gasteiger partial charge on any atom is 0.200 e. The first-order chi connectivity index (χ1) is 22.2. The van der Waals surface area contributed by atoms with Crippen molar-refractivity contribution in [2.75, 3.05) is 57.5 Å². The molecule has 1 unspecified atom stereocenters. The van der Waals surface area contributed by atoms with Crippen LogP contribution in [0.1, 0.15) is 49.3 Å². The van der Waals surface area contributed by atoms with Crippen LogP contribution in [0.25, 0.3) is 0 Å². The minimum atomic E-state index is -2.28. The second kappa shape index (κ2) is 16.5. The standard InChI is InChI=1S/C33H34F7N3S3/c34-23-17-22(18-24(35)19-23)26-20-27(43(41-26)33-31(39)29(37)28(36)30(38)32(33)40)21-5-7-25(8-6-21)42-9-1-11-44-13-3-15-46-16-4-14-45-12-2-10-42/h5-8,17-19,27H,1-4,9-16,20H2. The Kier molecular flexibility index (Phi) is 12.5. The van der Waals surface area contributed by atoms with Gasteiger partial charge in [0.25, 0.3) is 0 Å². The molecule has 2 aliphatic heterocycles. The smallest absolute Gasteiger partial charge is 0.200 e. The van der Waals surface area contributed by atoms with Gasteiger partial charge in [0.05, 0.1) is 11.8 Å². The first kappa shape index (κ1) is 34.8. The van der Waals surface area contributed by atoms with Crippen molar-refractivity contribution in [3.63, 3.8) is 0 Å². The molecule has 2 aliphatic rings. The minimum absolute atomic E-state index is 0.00264. The second-order valence-corrected chi connectivity index (χ2v) is 14.7. The zero-order valence-electron chi connectivity index (χ0n) is 25.0. The molecule has 248 valence electrons. The van der Waals surface area contributed by atoms with E-state index in [1.807, 2.05) is 47.4 Å². The van der Waals surface area contributed by atoms with Gasteiger partial charge in [-0.3, -0.25) is 5.01 Å². The zero-order chi connectivity index (χ0) is 32.6. The molecule has 0 saturated carbocycles. The molecular formula is C33H34F7N3S3. The second-order valence-electron chi connectivity index (χ2n) is 11.0. The van der Waals surface area contributed by atoms with Gasteiger partial charge in [0.1, 0.15) is 17.3 Å². The first-order valence-corrected chi connectivity index (χ1v) is 18.6. The Morgan fingerprint density at radius 2 is 1.07 bits per heavy atom. The molecule has 1 saturated heterocycles. The van der Waals surface area contributed by atoms with Crippen LogP contribution in [-0.4, -0.2) is 53.3 Å². The Bertz CT molecular complexity index is 1460. The molecule has 5 rings (SSSR count). The molecule has 46 heavy (non-hydrogen) atoms. The molecule has 0 aromatic heterocycles. The van der Waals surface area contributed by atoms with Crippen molar-refractivity contribution >= 4 is 52.4 Å². The van der Waals surface area contributed by atoms with Crippen molar-refractivity contribution in [3.05, 3.63) is 94.3 Å². The van der Waals surface area contributed by atoms with E-state index >= 15 is 8.78 Å². The maximum absolute atomic E-state index is 15.0. The fourth-order valence-corrected chi connectivity index (χ4v) is 8.53. The van der Waals surface area contributed by atoms with Crippen molar-refractivity contribution < 1.29 is 30.7 Å². The first-order valence-electron chi connectivity index (χ1n) is 15.2. The number of nitrogens with zero attached hydrogens (tertiary/aromatic N) is 3. The highest BCUT2D eigenvalue weighted by atomic mass is 32.2. The SMILES string of the molecule is Fc1cc(F)cc(C2=NN(c3c(F)c(F)c(F)c(F)c3F)C(c3ccc(N4CCCSCCCSCCCSCCC4)cc3)C2)c1. The molecule has 0 aliphatic carbocycles. The lowest BCUT2D eigenvalue weighted by Gasteiger charge is -2.27. The molecule has 3 aromatic rings. The summed E-state index contributed by atoms with van der Waals surface area (Å²) < 4.78 is 101. The van der Waals surface area contributed by atoms with Crippen molar-refractivity contribution in [3.8, 4) is 0 Å². The number of hydrazone groups is 1. The summed E-state index contributed by atoms with van der Waals surface area (Å²) in [6.45, 7) is 1.70. The minimum Gasteiger partial charge on any atom is -0.371 e. The number of hydrogen-bond acceptors (Lipinski definition) is 6. The summed E-state index contributed by atoms with van der Waals surface area (Å²) in [4.78, 5) is 2.31. The van der Waals surface area contributed by atoms with E-state index in [1.165, 1.54) is 24.3 Å². The Labute approximate surface area is 277 Å². The van der Waals surface area contributed by atoms with Gasteiger partial charge >= 0.3 is 0 Å². The summed E-state index contributed by atoms with van der Waals surface area (Å²) in [6, 6.07) is 8.89. The van der Waals surface area contributed by atoms with Crippen LogP contribution in [0.15, 0.2) is 47.6 Å². The van der Waals surface area contributed by atoms with E-state index < -0.39 is 52.4 Å². The number of hydrogen-bond donors (Lipinski definition) is 0. The third-order valence-electron chi connectivity index (χ3n) is 7.75. The van der Waals surface area contributed by atoms with Crippen LogP contribution in [0, 0.1) is 40.7 Å². The Morgan fingerprint density at radius 3 is 1.59 bits per heavy atom. The van der Waals surface area contributed by atoms with Crippen LogP contribution in [-0.2, 0) is 0 Å². The van der Waals surface area contributed by atoms with Gasteiger partial charge in [0, 0.05) is 36.8 Å². The fourth-order valence-electron chi connectivity index (χ4n) is 5.49. The molecule has 0 amide bonds. The van der Waals surface area contributed by atoms with E-state index in [0.717, 1.165) is 71.8 Å². The summed E-state index contributed by atoms with van der Waals surface area (Å²) in [5.41, 5.74) is 0.239. The van der Waals surface area contributed by atoms with E-state index in [0.29, 0.717) is 11.6 Å². The van der Waals surface area contributed by atoms with Crippen molar-refractivity contribution in [1.82, 2.24) is 0 Å². The quantitative estimate of drug-likeness (QED) is 0.153. The molecule has 0 bridgehead atoms. The van der Waals surface area contributed by atoms with Crippen LogP contribution in [0.5, 0.6) is 0 Å². The van der Waals surface area contributed by atoms with E-state index in [2.05, 4.69) is 10.0 Å². The van der Waals surface area contributed by atoms with Gasteiger partial charge < -0.3 is 4.90 Å². The summed E-state index contributed by atoms with van der Waals surface area (Å²) >= 11 is 5.96. The van der Waals surface area contributed by atoms with Crippen LogP contribution in [0.2, 0.25) is 0 Å². The topological polar surface area (TPSA) is 18.8 Å². The van der Waals surface area contributed by atoms with Gasteiger partial charge in [0.15, 0.2) is 23.3 Å². The molecule has 0 spiro atoms. The molecule has 1 atom stereocenters. The van der Waals surface area contributed by atoms with Crippen molar-refractivity contribution in [1.29, 1.82) is 0 Å². The largest absolute Gasteiger partial charge is 0.371 e. The average molecular weight is 702 g/mol. The number of halogens is 7.